The van der Waals surface area contributed by atoms with Crippen LogP contribution in [-0.2, 0) is 4.74 Å². The number of hydrogen-bond donors (Lipinski definition) is 0. The van der Waals surface area contributed by atoms with Crippen molar-refractivity contribution in [1.82, 2.24) is 15.1 Å². The van der Waals surface area contributed by atoms with E-state index in [1.165, 1.54) is 7.11 Å². The Balaban J connectivity index is 2.24. The van der Waals surface area contributed by atoms with E-state index in [1.807, 2.05) is 31.2 Å². The fourth-order valence-electron chi connectivity index (χ4n) is 1.62. The fourth-order valence-corrected chi connectivity index (χ4v) is 1.62. The Morgan fingerprint density at radius 3 is 2.71 bits per heavy atom. The number of aromatic nitrogens is 3. The molecular weight excluding hydrogens is 272 g/mol. The standard InChI is InChI=1S/C14H16N4O3/c1-4-21-14(19)12-13(20-3)18(17-16-12)15-9-11-7-5-10(2)6-8-11/h5-9H,4H2,1-3H3/b15-9-. The van der Waals surface area contributed by atoms with Crippen LogP contribution >= 0.6 is 0 Å². The number of benzene rings is 1. The van der Waals surface area contributed by atoms with Gasteiger partial charge in [0.05, 0.1) is 19.9 Å². The second kappa shape index (κ2) is 6.65. The van der Waals surface area contributed by atoms with Gasteiger partial charge in [-0.05, 0) is 24.6 Å². The molecule has 0 saturated heterocycles. The molecule has 0 aliphatic heterocycles. The lowest BCUT2D eigenvalue weighted by Gasteiger charge is -2.01. The zero-order chi connectivity index (χ0) is 15.2. The van der Waals surface area contributed by atoms with E-state index in [0.29, 0.717) is 0 Å². The number of methoxy groups -OCH3 is 1. The Morgan fingerprint density at radius 2 is 2.10 bits per heavy atom. The number of hydrogen-bond acceptors (Lipinski definition) is 6. The van der Waals surface area contributed by atoms with Crippen molar-refractivity contribution in [1.29, 1.82) is 0 Å². The van der Waals surface area contributed by atoms with Gasteiger partial charge in [0.2, 0.25) is 5.69 Å². The fraction of sp³-hybridized carbons (Fsp3) is 0.286. The van der Waals surface area contributed by atoms with E-state index in [9.17, 15) is 4.79 Å². The molecule has 21 heavy (non-hydrogen) atoms. The maximum absolute atomic E-state index is 11.7. The smallest absolute Gasteiger partial charge is 0.364 e. The molecule has 2 rings (SSSR count). The number of carbonyl (C=O) groups excluding carboxylic acids is 1. The largest absolute Gasteiger partial charge is 0.478 e. The highest BCUT2D eigenvalue weighted by Crippen LogP contribution is 2.16. The highest BCUT2D eigenvalue weighted by molar-refractivity contribution is 5.89. The molecule has 0 aliphatic carbocycles. The maximum Gasteiger partial charge on any atom is 0.364 e. The molecule has 0 bridgehead atoms. The van der Waals surface area contributed by atoms with Gasteiger partial charge in [0.1, 0.15) is 0 Å². The van der Waals surface area contributed by atoms with Crippen LogP contribution < -0.4 is 4.74 Å². The quantitative estimate of drug-likeness (QED) is 0.617. The van der Waals surface area contributed by atoms with Crippen LogP contribution in [0.5, 0.6) is 5.88 Å². The van der Waals surface area contributed by atoms with Crippen molar-refractivity contribution < 1.29 is 14.3 Å². The third-order valence-electron chi connectivity index (χ3n) is 2.67. The number of nitrogens with zero attached hydrogens (tertiary/aromatic N) is 4. The second-order valence-electron chi connectivity index (χ2n) is 4.21. The van der Waals surface area contributed by atoms with Gasteiger partial charge in [0, 0.05) is 0 Å². The Kier molecular flexibility index (Phi) is 4.65. The lowest BCUT2D eigenvalue weighted by molar-refractivity contribution is 0.0515. The van der Waals surface area contributed by atoms with Crippen LogP contribution in [0.1, 0.15) is 28.5 Å². The molecule has 1 aromatic heterocycles. The van der Waals surface area contributed by atoms with E-state index in [1.54, 1.807) is 13.1 Å². The average Bonchev–Trinajstić information content (AvgIpc) is 2.90. The molecule has 0 saturated carbocycles. The topological polar surface area (TPSA) is 78.6 Å². The van der Waals surface area contributed by atoms with Crippen LogP contribution in [0.2, 0.25) is 0 Å². The van der Waals surface area contributed by atoms with Crippen molar-refractivity contribution in [3.05, 3.63) is 41.1 Å². The summed E-state index contributed by atoms with van der Waals surface area (Å²) in [5, 5.41) is 11.6. The van der Waals surface area contributed by atoms with Gasteiger partial charge in [0.15, 0.2) is 0 Å². The molecule has 0 spiro atoms. The summed E-state index contributed by atoms with van der Waals surface area (Å²) in [6, 6.07) is 7.80. The Hall–Kier alpha value is -2.70. The molecule has 0 unspecified atom stereocenters. The summed E-state index contributed by atoms with van der Waals surface area (Å²) < 4.78 is 9.99. The van der Waals surface area contributed by atoms with Crippen LogP contribution in [0.4, 0.5) is 0 Å². The third-order valence-corrected chi connectivity index (χ3v) is 2.67. The van der Waals surface area contributed by atoms with Gasteiger partial charge in [-0.1, -0.05) is 34.6 Å². The molecule has 0 N–H and O–H groups in total. The van der Waals surface area contributed by atoms with Crippen LogP contribution in [0.15, 0.2) is 29.4 Å². The number of esters is 1. The van der Waals surface area contributed by atoms with Crippen molar-refractivity contribution >= 4 is 12.2 Å². The van der Waals surface area contributed by atoms with Crippen LogP contribution in [-0.4, -0.2) is 41.0 Å². The predicted octanol–water partition coefficient (Wildman–Crippen LogP) is 1.65. The van der Waals surface area contributed by atoms with E-state index in [4.69, 9.17) is 9.47 Å². The summed E-state index contributed by atoms with van der Waals surface area (Å²) in [5.41, 5.74) is 2.06. The first-order valence-electron chi connectivity index (χ1n) is 6.43. The lowest BCUT2D eigenvalue weighted by Crippen LogP contribution is -2.07. The Labute approximate surface area is 122 Å². The molecule has 110 valence electrons. The highest BCUT2D eigenvalue weighted by atomic mass is 16.5. The average molecular weight is 288 g/mol. The summed E-state index contributed by atoms with van der Waals surface area (Å²) in [7, 11) is 1.42. The molecule has 1 aromatic carbocycles. The molecule has 0 amide bonds. The first-order chi connectivity index (χ1) is 10.2. The molecule has 7 heteroatoms. The van der Waals surface area contributed by atoms with Gasteiger partial charge < -0.3 is 9.47 Å². The van der Waals surface area contributed by atoms with Crippen LogP contribution in [0, 0.1) is 6.92 Å². The number of aryl methyl sites for hydroxylation is 1. The second-order valence-corrected chi connectivity index (χ2v) is 4.21. The van der Waals surface area contributed by atoms with Crippen molar-refractivity contribution in [3.63, 3.8) is 0 Å². The lowest BCUT2D eigenvalue weighted by atomic mass is 10.2. The zero-order valence-corrected chi connectivity index (χ0v) is 12.1. The number of ether oxygens (including phenoxy) is 2. The minimum Gasteiger partial charge on any atom is -0.478 e. The summed E-state index contributed by atoms with van der Waals surface area (Å²) in [4.78, 5) is 12.8. The van der Waals surface area contributed by atoms with E-state index in [2.05, 4.69) is 15.4 Å². The zero-order valence-electron chi connectivity index (χ0n) is 12.1. The molecule has 0 radical (unpaired) electrons. The highest BCUT2D eigenvalue weighted by Gasteiger charge is 2.21. The van der Waals surface area contributed by atoms with Crippen LogP contribution in [0.25, 0.3) is 0 Å². The molecule has 0 aliphatic rings. The number of rotatable bonds is 5. The van der Waals surface area contributed by atoms with Gasteiger partial charge >= 0.3 is 5.97 Å². The molecule has 0 fully saturated rings. The Morgan fingerprint density at radius 1 is 1.38 bits per heavy atom. The van der Waals surface area contributed by atoms with E-state index in [-0.39, 0.29) is 18.2 Å². The molecule has 2 aromatic rings. The summed E-state index contributed by atoms with van der Waals surface area (Å²) in [5.74, 6) is -0.456. The molecule has 0 atom stereocenters. The van der Waals surface area contributed by atoms with Gasteiger partial charge in [-0.2, -0.15) is 5.10 Å². The monoisotopic (exact) mass is 288 g/mol. The number of carbonyl (C=O) groups is 1. The minimum atomic E-state index is -0.592. The molecule has 1 heterocycles. The van der Waals surface area contributed by atoms with Crippen LogP contribution in [0.3, 0.4) is 0 Å². The maximum atomic E-state index is 11.7. The first kappa shape index (κ1) is 14.7. The third kappa shape index (κ3) is 3.44. The van der Waals surface area contributed by atoms with Gasteiger partial charge in [0.25, 0.3) is 5.88 Å². The normalized spacial score (nSPS) is 10.8. The summed E-state index contributed by atoms with van der Waals surface area (Å²) >= 11 is 0. The molecular formula is C14H16N4O3. The van der Waals surface area contributed by atoms with E-state index < -0.39 is 5.97 Å². The summed E-state index contributed by atoms with van der Waals surface area (Å²) in [6.45, 7) is 3.97. The van der Waals surface area contributed by atoms with Crippen molar-refractivity contribution in [3.8, 4) is 5.88 Å². The Bertz CT molecular complexity index is 647. The van der Waals surface area contributed by atoms with Gasteiger partial charge in [-0.15, -0.1) is 5.10 Å². The SMILES string of the molecule is CCOC(=O)c1nnn(/N=C\c2ccc(C)cc2)c1OC. The van der Waals surface area contributed by atoms with Crippen molar-refractivity contribution in [2.24, 2.45) is 5.10 Å². The van der Waals surface area contributed by atoms with Gasteiger partial charge in [-0.25, -0.2) is 4.79 Å². The van der Waals surface area contributed by atoms with Crippen molar-refractivity contribution in [2.75, 3.05) is 13.7 Å². The van der Waals surface area contributed by atoms with Crippen molar-refractivity contribution in [2.45, 2.75) is 13.8 Å². The predicted molar refractivity (Wildman–Crippen MR) is 76.7 cm³/mol. The van der Waals surface area contributed by atoms with E-state index >= 15 is 0 Å². The van der Waals surface area contributed by atoms with Gasteiger partial charge in [-0.3, -0.25) is 0 Å². The summed E-state index contributed by atoms with van der Waals surface area (Å²) in [6.07, 6.45) is 1.60. The minimum absolute atomic E-state index is 0.000376. The van der Waals surface area contributed by atoms with E-state index in [0.717, 1.165) is 15.9 Å². The molecule has 7 nitrogen and oxygen atoms in total. The first-order valence-corrected chi connectivity index (χ1v) is 6.43.